The monoisotopic (exact) mass is 268 g/mol. The molecule has 0 fully saturated rings. The minimum Gasteiger partial charge on any atom is -0.469 e. The number of rotatable bonds is 3. The molecule has 5 heteroatoms. The van der Waals surface area contributed by atoms with E-state index in [4.69, 9.17) is 4.52 Å². The number of methoxy groups -OCH3 is 1. The fourth-order valence-electron chi connectivity index (χ4n) is 1.97. The number of carbonyl (C=O) groups is 1. The Hall–Kier alpha value is -2.69. The van der Waals surface area contributed by atoms with Gasteiger partial charge in [-0.2, -0.15) is 4.98 Å². The van der Waals surface area contributed by atoms with Crippen LogP contribution in [0.2, 0.25) is 0 Å². The van der Waals surface area contributed by atoms with Crippen molar-refractivity contribution in [1.29, 1.82) is 0 Å². The lowest BCUT2D eigenvalue weighted by atomic mass is 10.1. The molecule has 100 valence electrons. The van der Waals surface area contributed by atoms with Gasteiger partial charge in [0.05, 0.1) is 7.11 Å². The van der Waals surface area contributed by atoms with Crippen molar-refractivity contribution in [3.63, 3.8) is 0 Å². The van der Waals surface area contributed by atoms with Crippen LogP contribution in [-0.2, 0) is 16.0 Å². The fraction of sp³-hybridized carbons (Fsp3) is 0.133. The van der Waals surface area contributed by atoms with Crippen LogP contribution in [0.1, 0.15) is 5.89 Å². The molecule has 0 amide bonds. The predicted octanol–water partition coefficient (Wildman–Crippen LogP) is 2.61. The first-order valence-corrected chi connectivity index (χ1v) is 6.15. The number of esters is 1. The van der Waals surface area contributed by atoms with E-state index in [9.17, 15) is 4.79 Å². The van der Waals surface area contributed by atoms with Crippen LogP contribution in [0.3, 0.4) is 0 Å². The standard InChI is InChI=1S/C15H12N2O3/c1-19-14(18)9-13-16-15(17-20-13)12-7-6-10-4-2-3-5-11(10)8-12/h2-8H,9H2,1H3. The van der Waals surface area contributed by atoms with Crippen LogP contribution in [0, 0.1) is 0 Å². The van der Waals surface area contributed by atoms with Gasteiger partial charge in [-0.25, -0.2) is 0 Å². The smallest absolute Gasteiger partial charge is 0.315 e. The van der Waals surface area contributed by atoms with Crippen LogP contribution in [0.25, 0.3) is 22.2 Å². The van der Waals surface area contributed by atoms with E-state index in [1.54, 1.807) is 0 Å². The van der Waals surface area contributed by atoms with E-state index in [2.05, 4.69) is 14.9 Å². The summed E-state index contributed by atoms with van der Waals surface area (Å²) in [5.74, 6) is 0.313. The summed E-state index contributed by atoms with van der Waals surface area (Å²) < 4.78 is 9.60. The quantitative estimate of drug-likeness (QED) is 0.683. The van der Waals surface area contributed by atoms with E-state index in [0.29, 0.717) is 5.82 Å². The van der Waals surface area contributed by atoms with Crippen molar-refractivity contribution in [3.05, 3.63) is 48.4 Å². The number of aromatic nitrogens is 2. The molecule has 0 bridgehead atoms. The average molecular weight is 268 g/mol. The van der Waals surface area contributed by atoms with E-state index in [-0.39, 0.29) is 12.3 Å². The first kappa shape index (κ1) is 12.3. The molecule has 0 spiro atoms. The van der Waals surface area contributed by atoms with Gasteiger partial charge in [-0.1, -0.05) is 41.6 Å². The minimum absolute atomic E-state index is 0.0168. The van der Waals surface area contributed by atoms with Crippen LogP contribution >= 0.6 is 0 Å². The molecule has 20 heavy (non-hydrogen) atoms. The molecule has 1 aromatic heterocycles. The summed E-state index contributed by atoms with van der Waals surface area (Å²) >= 11 is 0. The van der Waals surface area contributed by atoms with Gasteiger partial charge in [-0.05, 0) is 16.8 Å². The molecular formula is C15H12N2O3. The van der Waals surface area contributed by atoms with Crippen molar-refractivity contribution in [2.75, 3.05) is 7.11 Å². The molecule has 0 saturated heterocycles. The SMILES string of the molecule is COC(=O)Cc1nc(-c2ccc3ccccc3c2)no1. The minimum atomic E-state index is -0.404. The second-order valence-electron chi connectivity index (χ2n) is 4.33. The molecule has 0 N–H and O–H groups in total. The van der Waals surface area contributed by atoms with E-state index < -0.39 is 5.97 Å². The van der Waals surface area contributed by atoms with Gasteiger partial charge in [-0.15, -0.1) is 0 Å². The van der Waals surface area contributed by atoms with E-state index in [1.165, 1.54) is 7.11 Å². The van der Waals surface area contributed by atoms with Gasteiger partial charge in [0, 0.05) is 5.56 Å². The summed E-state index contributed by atoms with van der Waals surface area (Å²) in [6, 6.07) is 13.9. The Morgan fingerprint density at radius 1 is 1.20 bits per heavy atom. The molecule has 5 nitrogen and oxygen atoms in total. The van der Waals surface area contributed by atoms with Crippen molar-refractivity contribution in [2.24, 2.45) is 0 Å². The highest BCUT2D eigenvalue weighted by Gasteiger charge is 2.12. The number of fused-ring (bicyclic) bond motifs is 1. The maximum Gasteiger partial charge on any atom is 0.315 e. The lowest BCUT2D eigenvalue weighted by Crippen LogP contribution is -2.04. The molecule has 0 aliphatic heterocycles. The number of carbonyl (C=O) groups excluding carboxylic acids is 1. The third-order valence-corrected chi connectivity index (χ3v) is 3.00. The maximum atomic E-state index is 11.2. The van der Waals surface area contributed by atoms with Gasteiger partial charge in [0.15, 0.2) is 0 Å². The molecule has 0 radical (unpaired) electrons. The first-order chi connectivity index (χ1) is 9.76. The predicted molar refractivity (Wildman–Crippen MR) is 73.0 cm³/mol. The lowest BCUT2D eigenvalue weighted by molar-refractivity contribution is -0.140. The van der Waals surface area contributed by atoms with Crippen LogP contribution in [0.15, 0.2) is 47.0 Å². The number of hydrogen-bond acceptors (Lipinski definition) is 5. The van der Waals surface area contributed by atoms with Gasteiger partial charge >= 0.3 is 5.97 Å². The number of nitrogens with zero attached hydrogens (tertiary/aromatic N) is 2. The fourth-order valence-corrected chi connectivity index (χ4v) is 1.97. The van der Waals surface area contributed by atoms with E-state index in [1.807, 2.05) is 42.5 Å². The van der Waals surface area contributed by atoms with Crippen molar-refractivity contribution in [3.8, 4) is 11.4 Å². The Kier molecular flexibility index (Phi) is 3.16. The Morgan fingerprint density at radius 3 is 2.80 bits per heavy atom. The van der Waals surface area contributed by atoms with Gasteiger partial charge in [0.25, 0.3) is 0 Å². The first-order valence-electron chi connectivity index (χ1n) is 6.15. The van der Waals surface area contributed by atoms with Gasteiger partial charge in [0.1, 0.15) is 6.42 Å². The summed E-state index contributed by atoms with van der Waals surface area (Å²) in [7, 11) is 1.32. The Labute approximate surface area is 115 Å². The van der Waals surface area contributed by atoms with Crippen LogP contribution in [0.4, 0.5) is 0 Å². The van der Waals surface area contributed by atoms with Crippen LogP contribution in [-0.4, -0.2) is 23.2 Å². The largest absolute Gasteiger partial charge is 0.469 e. The van der Waals surface area contributed by atoms with Crippen molar-refractivity contribution >= 4 is 16.7 Å². The highest BCUT2D eigenvalue weighted by Crippen LogP contribution is 2.22. The summed E-state index contributed by atoms with van der Waals surface area (Å²) in [6.45, 7) is 0. The molecule has 0 atom stereocenters. The molecule has 0 aliphatic carbocycles. The third-order valence-electron chi connectivity index (χ3n) is 3.00. The molecule has 3 rings (SSSR count). The molecule has 0 saturated carbocycles. The topological polar surface area (TPSA) is 65.2 Å². The van der Waals surface area contributed by atoms with E-state index >= 15 is 0 Å². The third kappa shape index (κ3) is 2.38. The molecule has 2 aromatic carbocycles. The van der Waals surface area contributed by atoms with Crippen LogP contribution in [0.5, 0.6) is 0 Å². The lowest BCUT2D eigenvalue weighted by Gasteiger charge is -1.99. The summed E-state index contributed by atoms with van der Waals surface area (Å²) in [5, 5.41) is 6.14. The average Bonchev–Trinajstić information content (AvgIpc) is 2.95. The van der Waals surface area contributed by atoms with Crippen molar-refractivity contribution in [2.45, 2.75) is 6.42 Å². The molecule has 3 aromatic rings. The normalized spacial score (nSPS) is 10.7. The zero-order chi connectivity index (χ0) is 13.9. The number of hydrogen-bond donors (Lipinski definition) is 0. The second-order valence-corrected chi connectivity index (χ2v) is 4.33. The zero-order valence-corrected chi connectivity index (χ0v) is 10.9. The van der Waals surface area contributed by atoms with E-state index in [0.717, 1.165) is 16.3 Å². The Morgan fingerprint density at radius 2 is 2.00 bits per heavy atom. The van der Waals surface area contributed by atoms with Crippen LogP contribution < -0.4 is 0 Å². The Balaban J connectivity index is 1.92. The maximum absolute atomic E-state index is 11.2. The molecule has 1 heterocycles. The molecule has 0 aliphatic rings. The highest BCUT2D eigenvalue weighted by molar-refractivity contribution is 5.86. The molecular weight excluding hydrogens is 256 g/mol. The summed E-state index contributed by atoms with van der Waals surface area (Å²) in [6.07, 6.45) is -0.0168. The number of ether oxygens (including phenoxy) is 1. The summed E-state index contributed by atoms with van der Waals surface area (Å²) in [4.78, 5) is 15.3. The Bertz CT molecular complexity index is 764. The zero-order valence-electron chi connectivity index (χ0n) is 10.9. The van der Waals surface area contributed by atoms with Gasteiger partial charge in [0.2, 0.25) is 11.7 Å². The molecule has 0 unspecified atom stereocenters. The van der Waals surface area contributed by atoms with Gasteiger partial charge in [-0.3, -0.25) is 4.79 Å². The van der Waals surface area contributed by atoms with Crippen molar-refractivity contribution in [1.82, 2.24) is 10.1 Å². The van der Waals surface area contributed by atoms with Gasteiger partial charge < -0.3 is 9.26 Å². The number of benzene rings is 2. The highest BCUT2D eigenvalue weighted by atomic mass is 16.5. The second kappa shape index (κ2) is 5.13. The summed E-state index contributed by atoms with van der Waals surface area (Å²) in [5.41, 5.74) is 0.851. The van der Waals surface area contributed by atoms with Crippen molar-refractivity contribution < 1.29 is 14.1 Å².